The summed E-state index contributed by atoms with van der Waals surface area (Å²) in [5.41, 5.74) is -3.40. The Hall–Kier alpha value is -1.60. The molecule has 1 fully saturated rings. The molecule has 2 nitrogen and oxygen atoms in total. The van der Waals surface area contributed by atoms with E-state index in [0.29, 0.717) is 25.2 Å². The van der Waals surface area contributed by atoms with Crippen LogP contribution in [-0.2, 0) is 18.8 Å². The van der Waals surface area contributed by atoms with Gasteiger partial charge in [0.25, 0.3) is 0 Å². The maximum Gasteiger partial charge on any atom is 0.420 e. The molecule has 182 valence electrons. The molecule has 1 heterocycles. The molecule has 0 aromatic heterocycles. The van der Waals surface area contributed by atoms with Gasteiger partial charge in [-0.25, -0.2) is 0 Å². The predicted octanol–water partition coefficient (Wildman–Crippen LogP) is 8.20. The summed E-state index contributed by atoms with van der Waals surface area (Å²) in [5.74, 6) is -0.167. The summed E-state index contributed by atoms with van der Waals surface area (Å²) < 4.78 is 93.7. The SMILES string of the molecule is CCC1CCC(CCCOc2cc3c(c(C(F)(F)F)c2C(F)(F)F)OC(CC)CC3)CC1. The Labute approximate surface area is 185 Å². The zero-order valence-electron chi connectivity index (χ0n) is 18.7. The molecule has 1 atom stereocenters. The standard InChI is InChI=1S/C24H32F6O2/c1-3-15-7-9-16(10-8-15)6-5-13-31-19-14-17-11-12-18(4-2)32-22(17)21(24(28,29)30)20(19)23(25,26)27/h14-16,18H,3-13H2,1-2H3. The lowest BCUT2D eigenvalue weighted by molar-refractivity contribution is -0.164. The average Bonchev–Trinajstić information content (AvgIpc) is 2.74. The molecule has 1 aliphatic carbocycles. The van der Waals surface area contributed by atoms with E-state index in [-0.39, 0.29) is 18.6 Å². The zero-order valence-corrected chi connectivity index (χ0v) is 18.7. The van der Waals surface area contributed by atoms with Crippen molar-refractivity contribution >= 4 is 0 Å². The first-order valence-electron chi connectivity index (χ1n) is 11.7. The lowest BCUT2D eigenvalue weighted by Crippen LogP contribution is -2.27. The van der Waals surface area contributed by atoms with Crippen LogP contribution in [0.3, 0.4) is 0 Å². The number of aryl methyl sites for hydroxylation is 1. The Morgan fingerprint density at radius 2 is 1.50 bits per heavy atom. The van der Waals surface area contributed by atoms with E-state index in [9.17, 15) is 26.3 Å². The molecule has 0 radical (unpaired) electrons. The van der Waals surface area contributed by atoms with Gasteiger partial charge in [0.2, 0.25) is 0 Å². The van der Waals surface area contributed by atoms with Crippen molar-refractivity contribution in [1.29, 1.82) is 0 Å². The van der Waals surface area contributed by atoms with E-state index < -0.39 is 41.1 Å². The third-order valence-electron chi connectivity index (χ3n) is 6.92. The largest absolute Gasteiger partial charge is 0.493 e. The van der Waals surface area contributed by atoms with Gasteiger partial charge in [0.15, 0.2) is 0 Å². The summed E-state index contributed by atoms with van der Waals surface area (Å²) in [6.45, 7) is 3.88. The molecule has 1 unspecified atom stereocenters. The molecule has 1 aromatic carbocycles. The lowest BCUT2D eigenvalue weighted by atomic mass is 9.79. The summed E-state index contributed by atoms with van der Waals surface area (Å²) in [7, 11) is 0. The third kappa shape index (κ3) is 5.84. The second kappa shape index (κ2) is 10.1. The van der Waals surface area contributed by atoms with Gasteiger partial charge in [-0.2, -0.15) is 26.3 Å². The average molecular weight is 467 g/mol. The molecule has 0 N–H and O–H groups in total. The second-order valence-electron chi connectivity index (χ2n) is 9.08. The Morgan fingerprint density at radius 1 is 0.875 bits per heavy atom. The molecule has 32 heavy (non-hydrogen) atoms. The first kappa shape index (κ1) is 25.0. The monoisotopic (exact) mass is 466 g/mol. The highest BCUT2D eigenvalue weighted by atomic mass is 19.4. The lowest BCUT2D eigenvalue weighted by Gasteiger charge is -2.31. The smallest absolute Gasteiger partial charge is 0.420 e. The van der Waals surface area contributed by atoms with Gasteiger partial charge in [0, 0.05) is 0 Å². The van der Waals surface area contributed by atoms with Crippen LogP contribution in [0.4, 0.5) is 26.3 Å². The van der Waals surface area contributed by atoms with Gasteiger partial charge < -0.3 is 9.47 Å². The van der Waals surface area contributed by atoms with E-state index in [1.54, 1.807) is 6.92 Å². The highest BCUT2D eigenvalue weighted by Gasteiger charge is 2.49. The molecular weight excluding hydrogens is 434 g/mol. The number of benzene rings is 1. The molecular formula is C24H32F6O2. The highest BCUT2D eigenvalue weighted by molar-refractivity contribution is 5.57. The number of rotatable bonds is 7. The van der Waals surface area contributed by atoms with Crippen LogP contribution in [0.15, 0.2) is 6.07 Å². The van der Waals surface area contributed by atoms with Crippen LogP contribution < -0.4 is 9.47 Å². The predicted molar refractivity (Wildman–Crippen MR) is 110 cm³/mol. The number of halogens is 6. The maximum atomic E-state index is 13.8. The van der Waals surface area contributed by atoms with Crippen molar-refractivity contribution in [2.24, 2.45) is 11.8 Å². The molecule has 0 bridgehead atoms. The Bertz CT molecular complexity index is 763. The normalized spacial score (nSPS) is 24.1. The van der Waals surface area contributed by atoms with Crippen molar-refractivity contribution in [1.82, 2.24) is 0 Å². The molecule has 0 spiro atoms. The van der Waals surface area contributed by atoms with Gasteiger partial charge in [0.05, 0.1) is 12.7 Å². The van der Waals surface area contributed by atoms with Crippen molar-refractivity contribution in [3.8, 4) is 11.5 Å². The fourth-order valence-electron chi connectivity index (χ4n) is 4.99. The fraction of sp³-hybridized carbons (Fsp3) is 0.750. The zero-order chi connectivity index (χ0) is 23.5. The fourth-order valence-corrected chi connectivity index (χ4v) is 4.99. The van der Waals surface area contributed by atoms with Crippen LogP contribution in [0.1, 0.15) is 88.3 Å². The van der Waals surface area contributed by atoms with E-state index >= 15 is 0 Å². The van der Waals surface area contributed by atoms with Gasteiger partial charge >= 0.3 is 12.4 Å². The van der Waals surface area contributed by atoms with Gasteiger partial charge in [-0.15, -0.1) is 0 Å². The number of hydrogen-bond acceptors (Lipinski definition) is 2. The maximum absolute atomic E-state index is 13.8. The topological polar surface area (TPSA) is 18.5 Å². The van der Waals surface area contributed by atoms with Gasteiger partial charge in [-0.05, 0) is 55.6 Å². The molecule has 8 heteroatoms. The summed E-state index contributed by atoms with van der Waals surface area (Å²) in [5, 5.41) is 0. The molecule has 2 aliphatic rings. The van der Waals surface area contributed by atoms with Gasteiger partial charge in [-0.1, -0.05) is 46.0 Å². The minimum absolute atomic E-state index is 0.0364. The van der Waals surface area contributed by atoms with Gasteiger partial charge in [-0.3, -0.25) is 0 Å². The summed E-state index contributed by atoms with van der Waals surface area (Å²) >= 11 is 0. The van der Waals surface area contributed by atoms with E-state index in [4.69, 9.17) is 9.47 Å². The number of ether oxygens (including phenoxy) is 2. The first-order valence-corrected chi connectivity index (χ1v) is 11.7. The second-order valence-corrected chi connectivity index (χ2v) is 9.08. The molecule has 1 aromatic rings. The van der Waals surface area contributed by atoms with Crippen LogP contribution in [0.5, 0.6) is 11.5 Å². The van der Waals surface area contributed by atoms with Crippen molar-refractivity contribution in [2.45, 2.75) is 96.5 Å². The molecule has 1 saturated carbocycles. The van der Waals surface area contributed by atoms with Crippen molar-refractivity contribution in [3.05, 3.63) is 22.8 Å². The van der Waals surface area contributed by atoms with Crippen LogP contribution in [0.2, 0.25) is 0 Å². The van der Waals surface area contributed by atoms with Crippen LogP contribution in [0, 0.1) is 11.8 Å². The van der Waals surface area contributed by atoms with E-state index in [1.807, 2.05) is 0 Å². The van der Waals surface area contributed by atoms with Crippen molar-refractivity contribution < 1.29 is 35.8 Å². The number of hydrogen-bond donors (Lipinski definition) is 0. The number of fused-ring (bicyclic) bond motifs is 1. The van der Waals surface area contributed by atoms with Crippen molar-refractivity contribution in [2.75, 3.05) is 6.61 Å². The molecule has 1 aliphatic heterocycles. The summed E-state index contributed by atoms with van der Waals surface area (Å²) in [4.78, 5) is 0. The highest BCUT2D eigenvalue weighted by Crippen LogP contribution is 2.52. The quantitative estimate of drug-likeness (QED) is 0.298. The van der Waals surface area contributed by atoms with Crippen LogP contribution in [-0.4, -0.2) is 12.7 Å². The van der Waals surface area contributed by atoms with Crippen LogP contribution in [0.25, 0.3) is 0 Å². The summed E-state index contributed by atoms with van der Waals surface area (Å²) in [6, 6.07) is 1.10. The van der Waals surface area contributed by atoms with Gasteiger partial charge in [0.1, 0.15) is 22.6 Å². The van der Waals surface area contributed by atoms with Crippen LogP contribution >= 0.6 is 0 Å². The minimum atomic E-state index is -5.21. The first-order chi connectivity index (χ1) is 15.0. The Morgan fingerprint density at radius 3 is 2.06 bits per heavy atom. The Balaban J connectivity index is 1.79. The number of alkyl halides is 6. The van der Waals surface area contributed by atoms with E-state index in [0.717, 1.165) is 31.2 Å². The van der Waals surface area contributed by atoms with E-state index in [2.05, 4.69) is 6.92 Å². The summed E-state index contributed by atoms with van der Waals surface area (Å²) in [6.07, 6.45) is -2.80. The van der Waals surface area contributed by atoms with Crippen molar-refractivity contribution in [3.63, 3.8) is 0 Å². The van der Waals surface area contributed by atoms with E-state index in [1.165, 1.54) is 19.3 Å². The molecule has 0 amide bonds. The third-order valence-corrected chi connectivity index (χ3v) is 6.92. The molecule has 3 rings (SSSR count). The minimum Gasteiger partial charge on any atom is -0.493 e. The molecule has 0 saturated heterocycles. The Kier molecular flexibility index (Phi) is 7.92.